The van der Waals surface area contributed by atoms with E-state index in [2.05, 4.69) is 10.9 Å². The summed E-state index contributed by atoms with van der Waals surface area (Å²) in [6, 6.07) is 21.9. The summed E-state index contributed by atoms with van der Waals surface area (Å²) >= 11 is 0. The van der Waals surface area contributed by atoms with E-state index in [-0.39, 0.29) is 18.0 Å². The molecule has 1 saturated heterocycles. The molecule has 1 spiro atoms. The number of carbonyl (C=O) groups excluding carboxylic acids is 2. The lowest BCUT2D eigenvalue weighted by Gasteiger charge is -2.24. The van der Waals surface area contributed by atoms with E-state index < -0.39 is 11.5 Å². The molecule has 1 fully saturated rings. The number of ether oxygens (including phenoxy) is 1. The molecular weight excluding hydrogens is 434 g/mol. The summed E-state index contributed by atoms with van der Waals surface area (Å²) in [5.74, 6) is -0.195. The van der Waals surface area contributed by atoms with Crippen LogP contribution in [0.5, 0.6) is 5.75 Å². The van der Waals surface area contributed by atoms with Crippen molar-refractivity contribution in [1.29, 1.82) is 0 Å². The Morgan fingerprint density at radius 2 is 1.71 bits per heavy atom. The van der Waals surface area contributed by atoms with Crippen molar-refractivity contribution in [2.45, 2.75) is 12.0 Å². The van der Waals surface area contributed by atoms with Crippen LogP contribution in [0.1, 0.15) is 12.0 Å². The fraction of sp³-hybridized carbons (Fsp3) is 0.120. The number of rotatable bonds is 2. The summed E-state index contributed by atoms with van der Waals surface area (Å²) in [5, 5.41) is 5.59. The van der Waals surface area contributed by atoms with Crippen LogP contribution < -0.4 is 31.4 Å². The third-order valence-electron chi connectivity index (χ3n) is 6.12. The Morgan fingerprint density at radius 3 is 2.50 bits per heavy atom. The Balaban J connectivity index is 1.60. The van der Waals surface area contributed by atoms with Gasteiger partial charge in [0.25, 0.3) is 5.91 Å². The Kier molecular flexibility index (Phi) is 4.46. The standard InChI is InChI=1S/C25H19N5O4/c1-33-16-12-10-15(11-13-16)30-22(23(31)34-29-30)21-14-25(28-20-9-5-4-8-19(20)26-21)17-6-2-3-7-18(17)27-24(25)32/h2-13,29H,14H2,1H3,(H,27,32)/b22-21-. The van der Waals surface area contributed by atoms with Crippen LogP contribution in [0.4, 0.5) is 11.4 Å². The van der Waals surface area contributed by atoms with Gasteiger partial charge in [-0.3, -0.25) is 9.79 Å². The van der Waals surface area contributed by atoms with E-state index >= 15 is 0 Å². The molecule has 3 heterocycles. The SMILES string of the molecule is COc1ccc(N2NOC(=O)/C2=C2\CC3(N=c4ccccc4=N2)C(=O)Nc2ccccc23)cc1. The molecule has 3 aromatic carbocycles. The maximum atomic E-state index is 13.4. The van der Waals surface area contributed by atoms with Crippen LogP contribution >= 0.6 is 0 Å². The number of benzene rings is 3. The van der Waals surface area contributed by atoms with Gasteiger partial charge in [0.2, 0.25) is 0 Å². The van der Waals surface area contributed by atoms with Crippen molar-refractivity contribution < 1.29 is 19.2 Å². The number of hydrogen-bond donors (Lipinski definition) is 2. The average Bonchev–Trinajstić information content (AvgIpc) is 3.30. The number of nitrogens with zero attached hydrogens (tertiary/aromatic N) is 3. The molecule has 0 radical (unpaired) electrons. The Hall–Kier alpha value is -4.50. The number of fused-ring (bicyclic) bond motifs is 3. The maximum Gasteiger partial charge on any atom is 0.378 e. The zero-order valence-electron chi connectivity index (χ0n) is 18.1. The number of hydrazine groups is 1. The maximum absolute atomic E-state index is 13.4. The van der Waals surface area contributed by atoms with Gasteiger partial charge in [-0.2, -0.15) is 0 Å². The lowest BCUT2D eigenvalue weighted by Crippen LogP contribution is -2.36. The summed E-state index contributed by atoms with van der Waals surface area (Å²) < 4.78 is 5.24. The smallest absolute Gasteiger partial charge is 0.378 e. The Morgan fingerprint density at radius 1 is 0.971 bits per heavy atom. The van der Waals surface area contributed by atoms with Gasteiger partial charge >= 0.3 is 5.97 Å². The van der Waals surface area contributed by atoms with Crippen molar-refractivity contribution >= 4 is 23.3 Å². The van der Waals surface area contributed by atoms with Crippen LogP contribution in [0.3, 0.4) is 0 Å². The van der Waals surface area contributed by atoms with Gasteiger partial charge in [-0.15, -0.1) is 0 Å². The molecule has 3 aliphatic heterocycles. The number of para-hydroxylation sites is 3. The van der Waals surface area contributed by atoms with E-state index in [1.807, 2.05) is 48.5 Å². The van der Waals surface area contributed by atoms with Gasteiger partial charge in [0.15, 0.2) is 11.2 Å². The number of nitrogens with one attached hydrogen (secondary N) is 2. The van der Waals surface area contributed by atoms with Gasteiger partial charge in [-0.1, -0.05) is 35.9 Å². The van der Waals surface area contributed by atoms with Crippen molar-refractivity contribution in [1.82, 2.24) is 5.59 Å². The van der Waals surface area contributed by atoms with Crippen LogP contribution in [-0.2, 0) is 20.0 Å². The van der Waals surface area contributed by atoms with Crippen LogP contribution in [0.2, 0.25) is 0 Å². The minimum absolute atomic E-state index is 0.0727. The van der Waals surface area contributed by atoms with Gasteiger partial charge in [0, 0.05) is 17.7 Å². The molecule has 6 rings (SSSR count). The normalized spacial score (nSPS) is 22.8. The highest BCUT2D eigenvalue weighted by Crippen LogP contribution is 2.44. The second kappa shape index (κ2) is 7.53. The summed E-state index contributed by atoms with van der Waals surface area (Å²) in [6.45, 7) is 0. The van der Waals surface area contributed by atoms with Crippen LogP contribution in [0.15, 0.2) is 94.2 Å². The summed E-state index contributed by atoms with van der Waals surface area (Å²) in [7, 11) is 1.58. The first kappa shape index (κ1) is 20.1. The highest BCUT2D eigenvalue weighted by Gasteiger charge is 2.49. The van der Waals surface area contributed by atoms with Gasteiger partial charge in [-0.25, -0.2) is 14.8 Å². The van der Waals surface area contributed by atoms with Crippen molar-refractivity contribution in [2.24, 2.45) is 9.98 Å². The van der Waals surface area contributed by atoms with E-state index in [1.54, 1.807) is 31.4 Å². The number of amides is 1. The molecule has 9 heteroatoms. The minimum atomic E-state index is -1.27. The number of carbonyl (C=O) groups is 2. The second-order valence-corrected chi connectivity index (χ2v) is 8.06. The van der Waals surface area contributed by atoms with Crippen LogP contribution in [0.25, 0.3) is 0 Å². The topological polar surface area (TPSA) is 105 Å². The largest absolute Gasteiger partial charge is 0.497 e. The molecule has 1 unspecified atom stereocenters. The van der Waals surface area contributed by atoms with Gasteiger partial charge in [0.05, 0.1) is 29.2 Å². The fourth-order valence-electron chi connectivity index (χ4n) is 4.48. The minimum Gasteiger partial charge on any atom is -0.497 e. The van der Waals surface area contributed by atoms with Gasteiger partial charge in [-0.05, 0) is 42.5 Å². The third kappa shape index (κ3) is 2.98. The lowest BCUT2D eigenvalue weighted by molar-refractivity contribution is -0.140. The summed E-state index contributed by atoms with van der Waals surface area (Å²) in [5.41, 5.74) is 4.02. The monoisotopic (exact) mass is 453 g/mol. The molecule has 2 N–H and O–H groups in total. The first-order valence-electron chi connectivity index (χ1n) is 10.7. The Labute approximate surface area is 194 Å². The molecule has 3 aromatic rings. The lowest BCUT2D eigenvalue weighted by atomic mass is 9.86. The molecule has 0 bridgehead atoms. The molecule has 0 saturated carbocycles. The van der Waals surface area contributed by atoms with Crippen molar-refractivity contribution in [2.75, 3.05) is 17.4 Å². The molecule has 1 atom stereocenters. The molecule has 0 aromatic heterocycles. The summed E-state index contributed by atoms with van der Waals surface area (Å²) in [4.78, 5) is 41.2. The zero-order chi connectivity index (χ0) is 23.3. The first-order valence-corrected chi connectivity index (χ1v) is 10.7. The highest BCUT2D eigenvalue weighted by molar-refractivity contribution is 6.06. The van der Waals surface area contributed by atoms with Gasteiger partial charge in [0.1, 0.15) is 5.75 Å². The highest BCUT2D eigenvalue weighted by atomic mass is 16.7. The average molecular weight is 453 g/mol. The van der Waals surface area contributed by atoms with Crippen LogP contribution in [0, 0.1) is 0 Å². The van der Waals surface area contributed by atoms with Gasteiger partial charge < -0.3 is 14.9 Å². The van der Waals surface area contributed by atoms with E-state index in [4.69, 9.17) is 19.6 Å². The van der Waals surface area contributed by atoms with E-state index in [0.29, 0.717) is 33.5 Å². The predicted molar refractivity (Wildman–Crippen MR) is 122 cm³/mol. The third-order valence-corrected chi connectivity index (χ3v) is 6.12. The van der Waals surface area contributed by atoms with E-state index in [1.165, 1.54) is 5.01 Å². The number of methoxy groups -OCH3 is 1. The van der Waals surface area contributed by atoms with Crippen molar-refractivity contribution in [3.63, 3.8) is 0 Å². The fourth-order valence-corrected chi connectivity index (χ4v) is 4.48. The first-order chi connectivity index (χ1) is 16.6. The predicted octanol–water partition coefficient (Wildman–Crippen LogP) is 1.88. The van der Waals surface area contributed by atoms with E-state index in [0.717, 1.165) is 5.56 Å². The zero-order valence-corrected chi connectivity index (χ0v) is 18.1. The Bertz CT molecular complexity index is 1500. The quantitative estimate of drug-likeness (QED) is 0.575. The molecule has 9 nitrogen and oxygen atoms in total. The second-order valence-electron chi connectivity index (χ2n) is 8.06. The molecule has 168 valence electrons. The molecular formula is C25H19N5O4. The van der Waals surface area contributed by atoms with Crippen molar-refractivity contribution in [3.8, 4) is 5.75 Å². The molecule has 1 amide bonds. The van der Waals surface area contributed by atoms with Crippen LogP contribution in [-0.4, -0.2) is 19.0 Å². The number of hydrogen-bond acceptors (Lipinski definition) is 8. The summed E-state index contributed by atoms with van der Waals surface area (Å²) in [6.07, 6.45) is 0.0727. The molecule has 0 aliphatic carbocycles. The molecule has 3 aliphatic rings. The molecule has 34 heavy (non-hydrogen) atoms. The van der Waals surface area contributed by atoms with Crippen molar-refractivity contribution in [3.05, 3.63) is 100 Å². The van der Waals surface area contributed by atoms with E-state index in [9.17, 15) is 9.59 Å². The number of anilines is 2.